The van der Waals surface area contributed by atoms with Crippen LogP contribution in [0, 0.1) is 11.8 Å². The van der Waals surface area contributed by atoms with Crippen molar-refractivity contribution in [3.8, 4) is 0 Å². The van der Waals surface area contributed by atoms with Crippen LogP contribution in [0.2, 0.25) is 0 Å². The Balaban J connectivity index is 1.43. The SMILES string of the molecule is CC(C)Cn1ncnc1CN1CCC(CNC2CC2)CC1. The van der Waals surface area contributed by atoms with Gasteiger partial charge in [0.25, 0.3) is 0 Å². The first-order valence-electron chi connectivity index (χ1n) is 8.53. The van der Waals surface area contributed by atoms with Crippen molar-refractivity contribution in [3.63, 3.8) is 0 Å². The maximum Gasteiger partial charge on any atom is 0.141 e. The van der Waals surface area contributed by atoms with Gasteiger partial charge in [-0.15, -0.1) is 0 Å². The Hall–Kier alpha value is -0.940. The molecule has 0 aromatic carbocycles. The average Bonchev–Trinajstić information content (AvgIpc) is 3.20. The molecule has 0 amide bonds. The summed E-state index contributed by atoms with van der Waals surface area (Å²) < 4.78 is 2.07. The highest BCUT2D eigenvalue weighted by Gasteiger charge is 2.24. The highest BCUT2D eigenvalue weighted by atomic mass is 15.3. The number of rotatable bonds is 7. The predicted molar refractivity (Wildman–Crippen MR) is 83.9 cm³/mol. The van der Waals surface area contributed by atoms with Crippen LogP contribution in [-0.2, 0) is 13.1 Å². The molecule has 0 spiro atoms. The standard InChI is InChI=1S/C16H29N5/c1-13(2)10-21-16(18-12-19-21)11-20-7-5-14(6-8-20)9-17-15-3-4-15/h12-15,17H,3-11H2,1-2H3. The second-order valence-electron chi connectivity index (χ2n) is 7.15. The molecule has 0 radical (unpaired) electrons. The Morgan fingerprint density at radius 3 is 2.67 bits per heavy atom. The lowest BCUT2D eigenvalue weighted by Gasteiger charge is -2.31. The van der Waals surface area contributed by atoms with E-state index in [1.54, 1.807) is 6.33 Å². The lowest BCUT2D eigenvalue weighted by atomic mass is 9.97. The monoisotopic (exact) mass is 291 g/mol. The van der Waals surface area contributed by atoms with Gasteiger partial charge in [-0.25, -0.2) is 9.67 Å². The summed E-state index contributed by atoms with van der Waals surface area (Å²) in [5.41, 5.74) is 0. The second kappa shape index (κ2) is 6.88. The number of aromatic nitrogens is 3. The van der Waals surface area contributed by atoms with E-state index in [0.29, 0.717) is 5.92 Å². The van der Waals surface area contributed by atoms with Gasteiger partial charge < -0.3 is 5.32 Å². The fourth-order valence-corrected chi connectivity index (χ4v) is 3.08. The summed E-state index contributed by atoms with van der Waals surface area (Å²) in [6.07, 6.45) is 7.12. The summed E-state index contributed by atoms with van der Waals surface area (Å²) in [6.45, 7) is 10.00. The fourth-order valence-electron chi connectivity index (χ4n) is 3.08. The van der Waals surface area contributed by atoms with Gasteiger partial charge in [-0.2, -0.15) is 5.10 Å². The van der Waals surface area contributed by atoms with Gasteiger partial charge in [0.1, 0.15) is 12.2 Å². The van der Waals surface area contributed by atoms with Gasteiger partial charge in [0.2, 0.25) is 0 Å². The summed E-state index contributed by atoms with van der Waals surface area (Å²) >= 11 is 0. The van der Waals surface area contributed by atoms with Crippen molar-refractivity contribution in [1.82, 2.24) is 25.0 Å². The van der Waals surface area contributed by atoms with Crippen LogP contribution in [-0.4, -0.2) is 45.3 Å². The number of nitrogens with one attached hydrogen (secondary N) is 1. The first-order valence-corrected chi connectivity index (χ1v) is 8.53. The van der Waals surface area contributed by atoms with Crippen molar-refractivity contribution in [2.75, 3.05) is 19.6 Å². The van der Waals surface area contributed by atoms with Gasteiger partial charge in [-0.3, -0.25) is 4.90 Å². The number of piperidine rings is 1. The van der Waals surface area contributed by atoms with E-state index in [0.717, 1.165) is 30.9 Å². The van der Waals surface area contributed by atoms with Gasteiger partial charge in [-0.05, 0) is 57.2 Å². The molecule has 0 atom stereocenters. The van der Waals surface area contributed by atoms with Crippen LogP contribution in [0.3, 0.4) is 0 Å². The van der Waals surface area contributed by atoms with Crippen LogP contribution in [0.1, 0.15) is 45.4 Å². The number of nitrogens with zero attached hydrogens (tertiary/aromatic N) is 4. The number of hydrogen-bond donors (Lipinski definition) is 1. The topological polar surface area (TPSA) is 46.0 Å². The van der Waals surface area contributed by atoms with Crippen LogP contribution >= 0.6 is 0 Å². The van der Waals surface area contributed by atoms with E-state index in [9.17, 15) is 0 Å². The Bertz CT molecular complexity index is 430. The van der Waals surface area contributed by atoms with Gasteiger partial charge in [-0.1, -0.05) is 13.8 Å². The summed E-state index contributed by atoms with van der Waals surface area (Å²) in [7, 11) is 0. The molecule has 1 aliphatic heterocycles. The first kappa shape index (κ1) is 15.0. The molecule has 1 aromatic heterocycles. The second-order valence-corrected chi connectivity index (χ2v) is 7.15. The highest BCUT2D eigenvalue weighted by Crippen LogP contribution is 2.22. The molecule has 21 heavy (non-hydrogen) atoms. The van der Waals surface area contributed by atoms with Crippen LogP contribution in [0.25, 0.3) is 0 Å². The fraction of sp³-hybridized carbons (Fsp3) is 0.875. The molecule has 2 heterocycles. The third-order valence-corrected chi connectivity index (χ3v) is 4.58. The molecular formula is C16H29N5. The first-order chi connectivity index (χ1) is 10.2. The number of likely N-dealkylation sites (tertiary alicyclic amines) is 1. The van der Waals surface area contributed by atoms with E-state index in [-0.39, 0.29) is 0 Å². The molecule has 1 aromatic rings. The van der Waals surface area contributed by atoms with Gasteiger partial charge in [0, 0.05) is 12.6 Å². The maximum absolute atomic E-state index is 4.45. The zero-order valence-electron chi connectivity index (χ0n) is 13.5. The Labute approximate surface area is 128 Å². The Kier molecular flexibility index (Phi) is 4.91. The molecule has 1 saturated carbocycles. The number of hydrogen-bond acceptors (Lipinski definition) is 4. The van der Waals surface area contributed by atoms with Crippen molar-refractivity contribution < 1.29 is 0 Å². The van der Waals surface area contributed by atoms with Gasteiger partial charge in [0.15, 0.2) is 0 Å². The molecule has 5 nitrogen and oxygen atoms in total. The highest BCUT2D eigenvalue weighted by molar-refractivity contribution is 4.88. The molecule has 0 bridgehead atoms. The molecule has 1 aliphatic carbocycles. The summed E-state index contributed by atoms with van der Waals surface area (Å²) in [4.78, 5) is 6.98. The lowest BCUT2D eigenvalue weighted by Crippen LogP contribution is -2.38. The molecule has 5 heteroatoms. The van der Waals surface area contributed by atoms with Crippen LogP contribution < -0.4 is 5.32 Å². The quantitative estimate of drug-likeness (QED) is 0.833. The molecule has 118 valence electrons. The zero-order valence-corrected chi connectivity index (χ0v) is 13.5. The van der Waals surface area contributed by atoms with Crippen molar-refractivity contribution in [2.24, 2.45) is 11.8 Å². The molecule has 2 fully saturated rings. The lowest BCUT2D eigenvalue weighted by molar-refractivity contribution is 0.168. The van der Waals surface area contributed by atoms with E-state index in [1.807, 2.05) is 0 Å². The minimum absolute atomic E-state index is 0.615. The van der Waals surface area contributed by atoms with Crippen LogP contribution in [0.4, 0.5) is 0 Å². The molecule has 1 N–H and O–H groups in total. The van der Waals surface area contributed by atoms with Crippen molar-refractivity contribution in [1.29, 1.82) is 0 Å². The van der Waals surface area contributed by atoms with Crippen molar-refractivity contribution in [2.45, 2.75) is 58.7 Å². The smallest absolute Gasteiger partial charge is 0.141 e. The van der Waals surface area contributed by atoms with E-state index in [2.05, 4.69) is 38.8 Å². The Morgan fingerprint density at radius 1 is 1.24 bits per heavy atom. The molecule has 3 rings (SSSR count). The summed E-state index contributed by atoms with van der Waals surface area (Å²) in [5.74, 6) is 2.61. The van der Waals surface area contributed by atoms with Gasteiger partial charge in [0.05, 0.1) is 6.54 Å². The van der Waals surface area contributed by atoms with Crippen molar-refractivity contribution >= 4 is 0 Å². The van der Waals surface area contributed by atoms with Crippen molar-refractivity contribution in [3.05, 3.63) is 12.2 Å². The minimum atomic E-state index is 0.615. The predicted octanol–water partition coefficient (Wildman–Crippen LogP) is 1.90. The van der Waals surface area contributed by atoms with E-state index >= 15 is 0 Å². The zero-order chi connectivity index (χ0) is 14.7. The molecule has 1 saturated heterocycles. The van der Waals surface area contributed by atoms with Gasteiger partial charge >= 0.3 is 0 Å². The third kappa shape index (κ3) is 4.51. The molecular weight excluding hydrogens is 262 g/mol. The maximum atomic E-state index is 4.45. The van der Waals surface area contributed by atoms with Crippen LogP contribution in [0.15, 0.2) is 6.33 Å². The van der Waals surface area contributed by atoms with E-state index in [4.69, 9.17) is 0 Å². The normalized spacial score (nSPS) is 21.3. The van der Waals surface area contributed by atoms with E-state index in [1.165, 1.54) is 45.3 Å². The molecule has 0 unspecified atom stereocenters. The average molecular weight is 291 g/mol. The summed E-state index contributed by atoms with van der Waals surface area (Å²) in [5, 5.41) is 8.03. The van der Waals surface area contributed by atoms with Crippen LogP contribution in [0.5, 0.6) is 0 Å². The summed E-state index contributed by atoms with van der Waals surface area (Å²) in [6, 6.07) is 0.845. The third-order valence-electron chi connectivity index (χ3n) is 4.58. The molecule has 2 aliphatic rings. The Morgan fingerprint density at radius 2 is 2.00 bits per heavy atom. The largest absolute Gasteiger partial charge is 0.314 e. The van der Waals surface area contributed by atoms with E-state index < -0.39 is 0 Å². The minimum Gasteiger partial charge on any atom is -0.314 e.